The number of carboxylic acid groups (broad SMARTS) is 2. The molecule has 0 atom stereocenters. The largest absolute Gasteiger partial charge is 0.508 e. The van der Waals surface area contributed by atoms with E-state index in [1.165, 1.54) is 13.8 Å². The van der Waals surface area contributed by atoms with Crippen molar-refractivity contribution in [3.8, 4) is 11.5 Å². The summed E-state index contributed by atoms with van der Waals surface area (Å²) < 4.78 is 0. The molecule has 0 aromatic heterocycles. The molecule has 2 aromatic rings. The van der Waals surface area contributed by atoms with Crippen LogP contribution >= 0.6 is 11.8 Å². The molecular weight excluding hydrogens is 368 g/mol. The van der Waals surface area contributed by atoms with Crippen LogP contribution in [-0.2, 0) is 9.59 Å². The molecule has 27 heavy (non-hydrogen) atoms. The Bertz CT molecular complexity index is 688. The number of aliphatic carboxylic acids is 2. The molecule has 0 radical (unpaired) electrons. The van der Waals surface area contributed by atoms with Crippen molar-refractivity contribution in [3.05, 3.63) is 72.8 Å². The minimum absolute atomic E-state index is 0.176. The van der Waals surface area contributed by atoms with E-state index in [9.17, 15) is 9.59 Å². The second-order valence-electron chi connectivity index (χ2n) is 5.26. The molecule has 0 saturated carbocycles. The van der Waals surface area contributed by atoms with Crippen LogP contribution < -0.4 is 0 Å². The smallest absolute Gasteiger partial charge is 0.330 e. The van der Waals surface area contributed by atoms with Crippen LogP contribution in [0.5, 0.6) is 11.5 Å². The van der Waals surface area contributed by atoms with E-state index in [0.29, 0.717) is 0 Å². The Labute approximate surface area is 162 Å². The maximum absolute atomic E-state index is 9.60. The van der Waals surface area contributed by atoms with Gasteiger partial charge in [-0.05, 0) is 62.4 Å². The van der Waals surface area contributed by atoms with Gasteiger partial charge in [0.15, 0.2) is 0 Å². The van der Waals surface area contributed by atoms with Crippen LogP contribution in [-0.4, -0.2) is 32.4 Å². The van der Waals surface area contributed by atoms with Crippen LogP contribution in [0.25, 0.3) is 0 Å². The summed E-state index contributed by atoms with van der Waals surface area (Å²) in [4.78, 5) is 21.3. The zero-order valence-corrected chi connectivity index (χ0v) is 15.9. The van der Waals surface area contributed by atoms with Gasteiger partial charge in [-0.3, -0.25) is 0 Å². The van der Waals surface area contributed by atoms with Crippen LogP contribution in [0, 0.1) is 0 Å². The zero-order chi connectivity index (χ0) is 21.0. The van der Waals surface area contributed by atoms with Gasteiger partial charge >= 0.3 is 11.9 Å². The summed E-state index contributed by atoms with van der Waals surface area (Å²) in [5.41, 5.74) is 0.352. The Hall–Kier alpha value is -3.19. The van der Waals surface area contributed by atoms with Gasteiger partial charge in [-0.1, -0.05) is 24.9 Å². The highest BCUT2D eigenvalue weighted by molar-refractivity contribution is 7.99. The van der Waals surface area contributed by atoms with E-state index in [-0.39, 0.29) is 22.6 Å². The van der Waals surface area contributed by atoms with Gasteiger partial charge in [0, 0.05) is 20.9 Å². The second-order valence-corrected chi connectivity index (χ2v) is 6.41. The Morgan fingerprint density at radius 3 is 1.11 bits per heavy atom. The van der Waals surface area contributed by atoms with Crippen molar-refractivity contribution >= 4 is 23.7 Å². The molecule has 2 aromatic carbocycles. The van der Waals surface area contributed by atoms with Crippen LogP contribution in [0.15, 0.2) is 82.6 Å². The van der Waals surface area contributed by atoms with Crippen molar-refractivity contribution in [2.75, 3.05) is 0 Å². The van der Waals surface area contributed by atoms with Gasteiger partial charge in [0.2, 0.25) is 0 Å². The SMILES string of the molecule is C=C(C)C(=O)O.C=C(C)C(=O)O.Oc1ccc(Sc2ccc(O)cc2)cc1. The van der Waals surface area contributed by atoms with Crippen molar-refractivity contribution in [3.63, 3.8) is 0 Å². The quantitative estimate of drug-likeness (QED) is 0.566. The average Bonchev–Trinajstić information content (AvgIpc) is 2.60. The first-order valence-electron chi connectivity index (χ1n) is 7.56. The van der Waals surface area contributed by atoms with Crippen molar-refractivity contribution in [2.24, 2.45) is 0 Å². The van der Waals surface area contributed by atoms with E-state index in [1.807, 2.05) is 24.3 Å². The number of benzene rings is 2. The maximum Gasteiger partial charge on any atom is 0.330 e. The lowest BCUT2D eigenvalue weighted by Gasteiger charge is -2.01. The van der Waals surface area contributed by atoms with Crippen LogP contribution in [0.2, 0.25) is 0 Å². The number of aromatic hydroxyl groups is 2. The summed E-state index contributed by atoms with van der Waals surface area (Å²) in [6.45, 7) is 9.20. The summed E-state index contributed by atoms with van der Waals surface area (Å²) in [5.74, 6) is -1.33. The van der Waals surface area contributed by atoms with Crippen LogP contribution in [0.4, 0.5) is 0 Å². The Kier molecular flexibility index (Phi) is 10.8. The predicted octanol–water partition coefficient (Wildman–Crippen LogP) is 4.54. The molecule has 0 aliphatic heterocycles. The van der Waals surface area contributed by atoms with E-state index in [1.54, 1.807) is 36.0 Å². The van der Waals surface area contributed by atoms with Gasteiger partial charge in [0.25, 0.3) is 0 Å². The molecule has 0 unspecified atom stereocenters. The third kappa shape index (κ3) is 11.9. The molecule has 0 heterocycles. The molecular formula is C20H22O6S. The topological polar surface area (TPSA) is 115 Å². The normalized spacial score (nSPS) is 8.96. The lowest BCUT2D eigenvalue weighted by molar-refractivity contribution is -0.133. The van der Waals surface area contributed by atoms with E-state index in [4.69, 9.17) is 20.4 Å². The third-order valence-electron chi connectivity index (χ3n) is 2.64. The molecule has 0 spiro atoms. The van der Waals surface area contributed by atoms with Crippen LogP contribution in [0.3, 0.4) is 0 Å². The number of hydrogen-bond donors (Lipinski definition) is 4. The fourth-order valence-corrected chi connectivity index (χ4v) is 1.98. The van der Waals surface area contributed by atoms with Crippen LogP contribution in [0.1, 0.15) is 13.8 Å². The maximum atomic E-state index is 9.60. The predicted molar refractivity (Wildman–Crippen MR) is 105 cm³/mol. The molecule has 6 nitrogen and oxygen atoms in total. The summed E-state index contributed by atoms with van der Waals surface area (Å²) in [7, 11) is 0. The molecule has 144 valence electrons. The van der Waals surface area contributed by atoms with Gasteiger partial charge in [-0.25, -0.2) is 9.59 Å². The highest BCUT2D eigenvalue weighted by Gasteiger charge is 1.97. The summed E-state index contributed by atoms with van der Waals surface area (Å²) in [5, 5.41) is 34.0. The van der Waals surface area contributed by atoms with Crippen molar-refractivity contribution in [1.29, 1.82) is 0 Å². The number of phenolic OH excluding ortho intramolecular Hbond substituents is 2. The molecule has 0 amide bonds. The fourth-order valence-electron chi connectivity index (χ4n) is 1.16. The third-order valence-corrected chi connectivity index (χ3v) is 3.66. The lowest BCUT2D eigenvalue weighted by atomic mass is 10.3. The fraction of sp³-hybridized carbons (Fsp3) is 0.100. The van der Waals surface area contributed by atoms with Gasteiger partial charge in [-0.15, -0.1) is 0 Å². The number of phenols is 2. The van der Waals surface area contributed by atoms with E-state index in [2.05, 4.69) is 13.2 Å². The first-order valence-corrected chi connectivity index (χ1v) is 8.38. The van der Waals surface area contributed by atoms with Crippen molar-refractivity contribution in [2.45, 2.75) is 23.6 Å². The van der Waals surface area contributed by atoms with E-state index < -0.39 is 11.9 Å². The van der Waals surface area contributed by atoms with Crippen molar-refractivity contribution in [1.82, 2.24) is 0 Å². The minimum atomic E-state index is -0.935. The molecule has 0 aliphatic rings. The van der Waals surface area contributed by atoms with Crippen molar-refractivity contribution < 1.29 is 30.0 Å². The monoisotopic (exact) mass is 390 g/mol. The number of rotatable bonds is 4. The molecule has 0 saturated heterocycles. The lowest BCUT2D eigenvalue weighted by Crippen LogP contribution is -1.92. The highest BCUT2D eigenvalue weighted by Crippen LogP contribution is 2.29. The second kappa shape index (κ2) is 12.2. The molecule has 7 heteroatoms. The van der Waals surface area contributed by atoms with Gasteiger partial charge in [-0.2, -0.15) is 0 Å². The number of carboxylic acids is 2. The van der Waals surface area contributed by atoms with Gasteiger partial charge in [0.1, 0.15) is 11.5 Å². The molecule has 0 fully saturated rings. The Balaban J connectivity index is 0.000000470. The Morgan fingerprint density at radius 2 is 0.926 bits per heavy atom. The van der Waals surface area contributed by atoms with Gasteiger partial charge < -0.3 is 20.4 Å². The minimum Gasteiger partial charge on any atom is -0.508 e. The molecule has 2 rings (SSSR count). The highest BCUT2D eigenvalue weighted by atomic mass is 32.2. The molecule has 0 aliphatic carbocycles. The van der Waals surface area contributed by atoms with E-state index in [0.717, 1.165) is 9.79 Å². The Morgan fingerprint density at radius 1 is 0.704 bits per heavy atom. The summed E-state index contributed by atoms with van der Waals surface area (Å²) in [6, 6.07) is 14.0. The summed E-state index contributed by atoms with van der Waals surface area (Å²) in [6.07, 6.45) is 0. The number of carbonyl (C=O) groups is 2. The molecule has 0 bridgehead atoms. The standard InChI is InChI=1S/C12H10O2S.2C4H6O2/c13-9-1-5-11(6-2-9)15-12-7-3-10(14)4-8-12;2*1-3(2)4(5)6/h1-8,13-14H;2*1H2,2H3,(H,5,6). The first-order chi connectivity index (χ1) is 12.5. The first kappa shape index (κ1) is 23.8. The van der Waals surface area contributed by atoms with Gasteiger partial charge in [0.05, 0.1) is 0 Å². The average molecular weight is 390 g/mol. The number of hydrogen-bond acceptors (Lipinski definition) is 5. The summed E-state index contributed by atoms with van der Waals surface area (Å²) >= 11 is 1.58. The molecule has 4 N–H and O–H groups in total. The van der Waals surface area contributed by atoms with E-state index >= 15 is 0 Å². The zero-order valence-electron chi connectivity index (χ0n) is 15.0.